The number of hydrogen-bond acceptors (Lipinski definition) is 7. The number of thiazole rings is 1. The van der Waals surface area contributed by atoms with Crippen LogP contribution in [0.2, 0.25) is 0 Å². The quantitative estimate of drug-likeness (QED) is 0.427. The molecule has 0 aliphatic heterocycles. The minimum Gasteiger partial charge on any atom is -0.382 e. The molecule has 0 radical (unpaired) electrons. The Hall–Kier alpha value is -1.08. The van der Waals surface area contributed by atoms with Crippen LogP contribution in [0, 0.1) is 11.8 Å². The van der Waals surface area contributed by atoms with Gasteiger partial charge in [-0.25, -0.2) is 9.97 Å². The largest absolute Gasteiger partial charge is 0.382 e. The van der Waals surface area contributed by atoms with Crippen LogP contribution >= 0.6 is 23.1 Å². The number of thioether (sulfide) groups is 1. The fraction of sp³-hybridized carbons (Fsp3) is 0.706. The average molecular weight is 364 g/mol. The van der Waals surface area contributed by atoms with Crippen LogP contribution in [0.3, 0.4) is 0 Å². The van der Waals surface area contributed by atoms with Gasteiger partial charge in [-0.15, -0.1) is 0 Å². The van der Waals surface area contributed by atoms with Crippen LogP contribution in [0.25, 0.3) is 10.3 Å². The van der Waals surface area contributed by atoms with Crippen LogP contribution < -0.4 is 11.1 Å². The van der Waals surface area contributed by atoms with Crippen molar-refractivity contribution in [2.24, 2.45) is 11.8 Å². The summed E-state index contributed by atoms with van der Waals surface area (Å²) in [5.74, 6) is 3.36. The first-order valence-corrected chi connectivity index (χ1v) is 10.9. The standard InChI is InChI=1S/C17H25N5S2/c1-2-3-4-7-23-16-20-14(18)13-15(21-16)22-17(24-13)19-12-9-10-5-6-11(12)8-10/h10-12H,2-9H2,1H3,(H3,18,19,20,21,22). The summed E-state index contributed by atoms with van der Waals surface area (Å²) >= 11 is 3.28. The maximum Gasteiger partial charge on any atom is 0.191 e. The van der Waals surface area contributed by atoms with Crippen molar-refractivity contribution in [2.75, 3.05) is 16.8 Å². The molecule has 0 aromatic carbocycles. The molecular weight excluding hydrogens is 338 g/mol. The van der Waals surface area contributed by atoms with E-state index in [4.69, 9.17) is 5.73 Å². The average Bonchev–Trinajstić information content (AvgIpc) is 3.27. The Morgan fingerprint density at radius 1 is 1.21 bits per heavy atom. The third-order valence-electron chi connectivity index (χ3n) is 5.29. The fourth-order valence-corrected chi connectivity index (χ4v) is 5.76. The van der Waals surface area contributed by atoms with Gasteiger partial charge in [-0.3, -0.25) is 0 Å². The highest BCUT2D eigenvalue weighted by Gasteiger charge is 2.39. The molecule has 24 heavy (non-hydrogen) atoms. The smallest absolute Gasteiger partial charge is 0.191 e. The van der Waals surface area contributed by atoms with Crippen molar-refractivity contribution in [3.05, 3.63) is 0 Å². The van der Waals surface area contributed by atoms with E-state index in [0.717, 1.165) is 38.2 Å². The third kappa shape index (κ3) is 3.33. The number of nitrogens with one attached hydrogen (secondary N) is 1. The van der Waals surface area contributed by atoms with Crippen LogP contribution in [-0.4, -0.2) is 26.7 Å². The predicted molar refractivity (Wildman–Crippen MR) is 103 cm³/mol. The van der Waals surface area contributed by atoms with Crippen LogP contribution in [0.4, 0.5) is 10.9 Å². The van der Waals surface area contributed by atoms with Gasteiger partial charge in [-0.1, -0.05) is 49.3 Å². The van der Waals surface area contributed by atoms with Gasteiger partial charge in [-0.2, -0.15) is 4.98 Å². The molecule has 2 aliphatic carbocycles. The van der Waals surface area contributed by atoms with Crippen molar-refractivity contribution in [1.82, 2.24) is 15.0 Å². The van der Waals surface area contributed by atoms with Gasteiger partial charge in [0.25, 0.3) is 0 Å². The number of hydrogen-bond donors (Lipinski definition) is 2. The Morgan fingerprint density at radius 2 is 2.12 bits per heavy atom. The molecule has 5 nitrogen and oxygen atoms in total. The summed E-state index contributed by atoms with van der Waals surface area (Å²) in [5, 5.41) is 5.36. The van der Waals surface area contributed by atoms with Crippen molar-refractivity contribution >= 4 is 44.4 Å². The normalized spacial score (nSPS) is 25.6. The molecule has 2 bridgehead atoms. The molecule has 3 N–H and O–H groups in total. The molecule has 7 heteroatoms. The van der Waals surface area contributed by atoms with Crippen molar-refractivity contribution < 1.29 is 0 Å². The van der Waals surface area contributed by atoms with Gasteiger partial charge in [-0.05, 0) is 37.5 Å². The number of fused-ring (bicyclic) bond motifs is 3. The van der Waals surface area contributed by atoms with Crippen molar-refractivity contribution in [3.63, 3.8) is 0 Å². The van der Waals surface area contributed by atoms with Gasteiger partial charge in [0.1, 0.15) is 10.5 Å². The van der Waals surface area contributed by atoms with Crippen molar-refractivity contribution in [2.45, 2.75) is 63.1 Å². The van der Waals surface area contributed by atoms with Gasteiger partial charge >= 0.3 is 0 Å². The molecule has 2 heterocycles. The maximum atomic E-state index is 6.15. The Kier molecular flexibility index (Phi) is 4.81. The van der Waals surface area contributed by atoms with Crippen molar-refractivity contribution in [1.29, 1.82) is 0 Å². The molecule has 2 aromatic rings. The lowest BCUT2D eigenvalue weighted by Crippen LogP contribution is -2.25. The highest BCUT2D eigenvalue weighted by molar-refractivity contribution is 7.99. The lowest BCUT2D eigenvalue weighted by atomic mass is 9.96. The van der Waals surface area contributed by atoms with Gasteiger partial charge in [0, 0.05) is 11.8 Å². The third-order valence-corrected chi connectivity index (χ3v) is 7.22. The van der Waals surface area contributed by atoms with Crippen LogP contribution in [0.15, 0.2) is 5.16 Å². The lowest BCUT2D eigenvalue weighted by Gasteiger charge is -2.22. The predicted octanol–water partition coefficient (Wildman–Crippen LogP) is 4.55. The molecule has 0 spiro atoms. The summed E-state index contributed by atoms with van der Waals surface area (Å²) in [6.45, 7) is 2.21. The molecule has 130 valence electrons. The molecule has 0 saturated heterocycles. The van der Waals surface area contributed by atoms with Gasteiger partial charge in [0.2, 0.25) is 0 Å². The van der Waals surface area contributed by atoms with E-state index in [9.17, 15) is 0 Å². The van der Waals surface area contributed by atoms with E-state index < -0.39 is 0 Å². The van der Waals surface area contributed by atoms with Crippen LogP contribution in [-0.2, 0) is 0 Å². The summed E-state index contributed by atoms with van der Waals surface area (Å²) in [5.41, 5.74) is 6.89. The maximum absolute atomic E-state index is 6.15. The summed E-state index contributed by atoms with van der Waals surface area (Å²) in [6, 6.07) is 0.585. The van der Waals surface area contributed by atoms with Gasteiger partial charge in [0.05, 0.1) is 0 Å². The van der Waals surface area contributed by atoms with E-state index in [2.05, 4.69) is 27.2 Å². The molecule has 2 fully saturated rings. The van der Waals surface area contributed by atoms with E-state index in [1.807, 2.05) is 0 Å². The Balaban J connectivity index is 1.47. The zero-order valence-corrected chi connectivity index (χ0v) is 15.8. The molecule has 3 atom stereocenters. The van der Waals surface area contributed by atoms with E-state index in [0.29, 0.717) is 11.9 Å². The highest BCUT2D eigenvalue weighted by Crippen LogP contribution is 2.46. The fourth-order valence-electron chi connectivity index (χ4n) is 4.05. The Labute approximate surface area is 151 Å². The van der Waals surface area contributed by atoms with E-state index >= 15 is 0 Å². The second-order valence-corrected chi connectivity index (χ2v) is 9.11. The molecule has 2 saturated carbocycles. The monoisotopic (exact) mass is 363 g/mol. The van der Waals surface area contributed by atoms with Crippen LogP contribution in [0.1, 0.15) is 51.9 Å². The Morgan fingerprint density at radius 3 is 2.88 bits per heavy atom. The van der Waals surface area contributed by atoms with Gasteiger partial charge in [0.15, 0.2) is 15.9 Å². The molecule has 0 amide bonds. The summed E-state index contributed by atoms with van der Waals surface area (Å²) in [7, 11) is 0. The number of aromatic nitrogens is 3. The number of unbranched alkanes of at least 4 members (excludes halogenated alkanes) is 2. The van der Waals surface area contributed by atoms with E-state index in [-0.39, 0.29) is 0 Å². The van der Waals surface area contributed by atoms with E-state index in [1.54, 1.807) is 23.1 Å². The number of nitrogens with two attached hydrogens (primary N) is 1. The summed E-state index contributed by atoms with van der Waals surface area (Å²) in [4.78, 5) is 13.8. The molecule has 4 rings (SSSR count). The zero-order valence-electron chi connectivity index (χ0n) is 14.1. The first-order chi connectivity index (χ1) is 11.7. The zero-order chi connectivity index (χ0) is 16.5. The second kappa shape index (κ2) is 7.04. The van der Waals surface area contributed by atoms with E-state index in [1.165, 1.54) is 44.9 Å². The van der Waals surface area contributed by atoms with Gasteiger partial charge < -0.3 is 11.1 Å². The number of rotatable bonds is 7. The minimum absolute atomic E-state index is 0.566. The summed E-state index contributed by atoms with van der Waals surface area (Å²) < 4.78 is 0.915. The first-order valence-electron chi connectivity index (χ1n) is 9.06. The molecule has 2 aliphatic rings. The molecule has 2 aromatic heterocycles. The topological polar surface area (TPSA) is 76.7 Å². The first kappa shape index (κ1) is 16.4. The molecule has 3 unspecified atom stereocenters. The number of nitrogens with zero attached hydrogens (tertiary/aromatic N) is 3. The lowest BCUT2D eigenvalue weighted by molar-refractivity contribution is 0.439. The minimum atomic E-state index is 0.566. The molecular formula is C17H25N5S2. The second-order valence-electron chi connectivity index (χ2n) is 7.04. The number of anilines is 2. The SMILES string of the molecule is CCCCCSc1nc(N)c2sc(NC3CC4CCC3C4)nc2n1. The van der Waals surface area contributed by atoms with Crippen LogP contribution in [0.5, 0.6) is 0 Å². The Bertz CT molecular complexity index is 716. The highest BCUT2D eigenvalue weighted by atomic mass is 32.2. The van der Waals surface area contributed by atoms with Crippen molar-refractivity contribution in [3.8, 4) is 0 Å². The summed E-state index contributed by atoms with van der Waals surface area (Å²) in [6.07, 6.45) is 9.14. The number of nitrogen functional groups attached to an aromatic ring is 1.